The van der Waals surface area contributed by atoms with E-state index in [0.29, 0.717) is 25.7 Å². The third-order valence-electron chi connectivity index (χ3n) is 20.3. The monoisotopic (exact) mass is 1540 g/mol. The van der Waals surface area contributed by atoms with Crippen molar-refractivity contribution in [2.75, 3.05) is 39.6 Å². The predicted octanol–water partition coefficient (Wildman–Crippen LogP) is 26.4. The third-order valence-corrected chi connectivity index (χ3v) is 22.2. The summed E-state index contributed by atoms with van der Waals surface area (Å²) in [5, 5.41) is 10.7. The predicted molar refractivity (Wildman–Crippen MR) is 432 cm³/mol. The van der Waals surface area contributed by atoms with Gasteiger partial charge in [-0.2, -0.15) is 0 Å². The van der Waals surface area contributed by atoms with E-state index in [-0.39, 0.29) is 25.7 Å². The molecule has 0 spiro atoms. The summed E-state index contributed by atoms with van der Waals surface area (Å²) in [5.41, 5.74) is 0. The Labute approximate surface area is 645 Å². The van der Waals surface area contributed by atoms with Gasteiger partial charge in [-0.25, -0.2) is 9.13 Å². The first kappa shape index (κ1) is 103. The van der Waals surface area contributed by atoms with Crippen molar-refractivity contribution >= 4 is 39.5 Å². The molecule has 0 aromatic rings. The van der Waals surface area contributed by atoms with E-state index >= 15 is 0 Å². The molecule has 0 aliphatic heterocycles. The zero-order valence-corrected chi connectivity index (χ0v) is 70.7. The number of carbonyl (C=O) groups is 4. The lowest BCUT2D eigenvalue weighted by Crippen LogP contribution is -2.30. The van der Waals surface area contributed by atoms with Gasteiger partial charge in [0.2, 0.25) is 0 Å². The molecule has 624 valence electrons. The quantitative estimate of drug-likeness (QED) is 0.0222. The minimum atomic E-state index is -4.97. The maximum Gasteiger partial charge on any atom is 0.472 e. The minimum absolute atomic E-state index is 0.105. The fraction of sp³-hybridized carbons (Fsp3) is 0.953. The van der Waals surface area contributed by atoms with Crippen molar-refractivity contribution in [3.63, 3.8) is 0 Å². The first-order valence-corrected chi connectivity index (χ1v) is 47.6. The van der Waals surface area contributed by atoms with Crippen LogP contribution in [0.1, 0.15) is 465 Å². The number of phosphoric ester groups is 2. The van der Waals surface area contributed by atoms with E-state index in [4.69, 9.17) is 37.0 Å². The lowest BCUT2D eigenvalue weighted by atomic mass is 10.0. The van der Waals surface area contributed by atoms with Gasteiger partial charge in [-0.15, -0.1) is 0 Å². The number of carbonyl (C=O) groups excluding carboxylic acids is 4. The Balaban J connectivity index is 5.18. The highest BCUT2D eigenvalue weighted by molar-refractivity contribution is 7.47. The number of hydrogen-bond acceptors (Lipinski definition) is 15. The molecule has 5 atom stereocenters. The summed E-state index contributed by atoms with van der Waals surface area (Å²) >= 11 is 0. The Morgan fingerprint density at radius 3 is 0.648 bits per heavy atom. The number of hydrogen-bond donors (Lipinski definition) is 3. The van der Waals surface area contributed by atoms with Crippen molar-refractivity contribution in [1.29, 1.82) is 0 Å². The van der Waals surface area contributed by atoms with E-state index in [0.717, 1.165) is 95.8 Å². The Kier molecular flexibility index (Phi) is 77.3. The molecule has 0 saturated carbocycles. The van der Waals surface area contributed by atoms with Crippen molar-refractivity contribution < 1.29 is 80.2 Å². The molecule has 105 heavy (non-hydrogen) atoms. The Hall–Kier alpha value is -1.94. The summed E-state index contributed by atoms with van der Waals surface area (Å²) in [4.78, 5) is 73.1. The zero-order valence-electron chi connectivity index (χ0n) is 68.9. The van der Waals surface area contributed by atoms with Crippen LogP contribution in [0.5, 0.6) is 0 Å². The summed E-state index contributed by atoms with van der Waals surface area (Å²) in [6.07, 6.45) is 72.5. The van der Waals surface area contributed by atoms with Crippen LogP contribution in [-0.2, 0) is 65.4 Å². The maximum atomic E-state index is 13.1. The molecular formula is C86H168O17P2. The smallest absolute Gasteiger partial charge is 0.462 e. The molecule has 17 nitrogen and oxygen atoms in total. The van der Waals surface area contributed by atoms with Crippen LogP contribution >= 0.6 is 15.6 Å². The van der Waals surface area contributed by atoms with Crippen LogP contribution in [0.25, 0.3) is 0 Å². The summed E-state index contributed by atoms with van der Waals surface area (Å²) in [7, 11) is -9.92. The van der Waals surface area contributed by atoms with Crippen molar-refractivity contribution in [2.45, 2.75) is 483 Å². The van der Waals surface area contributed by atoms with Crippen LogP contribution in [0.4, 0.5) is 0 Å². The molecule has 0 aliphatic carbocycles. The van der Waals surface area contributed by atoms with Crippen molar-refractivity contribution in [3.05, 3.63) is 0 Å². The van der Waals surface area contributed by atoms with Crippen molar-refractivity contribution in [1.82, 2.24) is 0 Å². The molecule has 0 fully saturated rings. The highest BCUT2D eigenvalue weighted by atomic mass is 31.2. The Bertz CT molecular complexity index is 2000. The van der Waals surface area contributed by atoms with Crippen LogP contribution in [0.3, 0.4) is 0 Å². The van der Waals surface area contributed by atoms with Crippen molar-refractivity contribution in [2.24, 2.45) is 5.92 Å². The first-order valence-electron chi connectivity index (χ1n) is 44.6. The molecule has 0 aliphatic rings. The van der Waals surface area contributed by atoms with Crippen LogP contribution in [0, 0.1) is 5.92 Å². The fourth-order valence-corrected chi connectivity index (χ4v) is 15.1. The summed E-state index contributed by atoms with van der Waals surface area (Å²) in [6, 6.07) is 0. The lowest BCUT2D eigenvalue weighted by molar-refractivity contribution is -0.161. The third kappa shape index (κ3) is 79.9. The number of phosphoric acid groups is 2. The summed E-state index contributed by atoms with van der Waals surface area (Å²) < 4.78 is 68.8. The number of unbranched alkanes of at least 4 members (excludes halogenated alkanes) is 58. The van der Waals surface area contributed by atoms with Gasteiger partial charge in [0.15, 0.2) is 12.2 Å². The SMILES string of the molecule is CCCCCCCCCCCCCCCCCCCCCCCCC(=O)O[C@H](COC(=O)CCCCCCCCCCCCCCCCCCCCCCC)COP(=O)(O)OC[C@@H](O)COP(=O)(O)OC[C@@H](COC(=O)CCCCCCCCCCCCC)OC(=O)CCCCCCCCCCC(C)C. The lowest BCUT2D eigenvalue weighted by Gasteiger charge is -2.21. The van der Waals surface area contributed by atoms with Gasteiger partial charge in [0, 0.05) is 25.7 Å². The molecule has 0 bridgehead atoms. The first-order chi connectivity index (χ1) is 51.0. The number of aliphatic hydroxyl groups is 1. The Morgan fingerprint density at radius 1 is 0.257 bits per heavy atom. The molecule has 0 aromatic heterocycles. The fourth-order valence-electron chi connectivity index (χ4n) is 13.5. The van der Waals surface area contributed by atoms with Crippen LogP contribution in [0.15, 0.2) is 0 Å². The average Bonchev–Trinajstić information content (AvgIpc) is 0.907. The van der Waals surface area contributed by atoms with Crippen molar-refractivity contribution in [3.8, 4) is 0 Å². The van der Waals surface area contributed by atoms with E-state index < -0.39 is 97.5 Å². The van der Waals surface area contributed by atoms with Gasteiger partial charge in [-0.05, 0) is 31.6 Å². The zero-order chi connectivity index (χ0) is 76.9. The molecule has 0 aromatic carbocycles. The average molecular weight is 1540 g/mol. The van der Waals surface area contributed by atoms with Crippen LogP contribution in [-0.4, -0.2) is 96.7 Å². The second kappa shape index (κ2) is 78.7. The molecule has 19 heteroatoms. The van der Waals surface area contributed by atoms with Gasteiger partial charge in [-0.1, -0.05) is 413 Å². The van der Waals surface area contributed by atoms with Gasteiger partial charge in [0.05, 0.1) is 26.4 Å². The molecule has 0 heterocycles. The summed E-state index contributed by atoms with van der Waals surface area (Å²) in [5.74, 6) is -1.39. The molecule has 0 rings (SSSR count). The number of ether oxygens (including phenoxy) is 4. The maximum absolute atomic E-state index is 13.1. The highest BCUT2D eigenvalue weighted by Crippen LogP contribution is 2.45. The van der Waals surface area contributed by atoms with E-state index in [1.165, 1.54) is 289 Å². The van der Waals surface area contributed by atoms with Crippen LogP contribution < -0.4 is 0 Å². The molecule has 0 radical (unpaired) electrons. The van der Waals surface area contributed by atoms with Gasteiger partial charge in [0.25, 0.3) is 0 Å². The van der Waals surface area contributed by atoms with E-state index in [2.05, 4.69) is 34.6 Å². The van der Waals surface area contributed by atoms with Gasteiger partial charge >= 0.3 is 39.5 Å². The second-order valence-electron chi connectivity index (χ2n) is 31.4. The van der Waals surface area contributed by atoms with E-state index in [9.17, 15) is 43.2 Å². The molecular weight excluding hydrogens is 1370 g/mol. The topological polar surface area (TPSA) is 237 Å². The summed E-state index contributed by atoms with van der Waals surface area (Å²) in [6.45, 7) is 7.30. The number of rotatable bonds is 86. The van der Waals surface area contributed by atoms with E-state index in [1.54, 1.807) is 0 Å². The highest BCUT2D eigenvalue weighted by Gasteiger charge is 2.30. The second-order valence-corrected chi connectivity index (χ2v) is 34.3. The molecule has 3 N–H and O–H groups in total. The number of aliphatic hydroxyl groups excluding tert-OH is 1. The molecule has 0 saturated heterocycles. The standard InChI is InChI=1S/C86H168O17P2/c1-6-9-12-15-18-21-24-26-28-30-32-34-36-38-40-42-44-47-50-56-61-66-71-85(90)102-81(75-97-84(89)70-65-60-55-49-46-43-41-39-37-35-33-31-29-27-25-22-19-16-13-10-7-2)77-100-104(92,93)98-73-80(87)74-99-105(94,95)101-78-82(103-86(91)72-67-62-57-52-51-53-58-63-68-79(4)5)76-96-83(88)69-64-59-54-48-45-23-20-17-14-11-8-3/h79-82,87H,6-78H2,1-5H3,(H,92,93)(H,94,95)/t80-,81-,82-/m1/s1. The molecule has 2 unspecified atom stereocenters. The Morgan fingerprint density at radius 2 is 0.438 bits per heavy atom. The van der Waals surface area contributed by atoms with Gasteiger partial charge in [0.1, 0.15) is 19.3 Å². The van der Waals surface area contributed by atoms with E-state index in [1.807, 2.05) is 0 Å². The number of esters is 4. The minimum Gasteiger partial charge on any atom is -0.462 e. The van der Waals surface area contributed by atoms with Gasteiger partial charge in [-0.3, -0.25) is 37.3 Å². The van der Waals surface area contributed by atoms with Gasteiger partial charge < -0.3 is 33.8 Å². The normalized spacial score (nSPS) is 13.8. The largest absolute Gasteiger partial charge is 0.472 e. The molecule has 0 amide bonds. The van der Waals surface area contributed by atoms with Crippen LogP contribution in [0.2, 0.25) is 0 Å².